The molecule has 0 spiro atoms. The summed E-state index contributed by atoms with van der Waals surface area (Å²) in [6, 6.07) is 7.13. The highest BCUT2D eigenvalue weighted by Crippen LogP contribution is 2.30. The van der Waals surface area contributed by atoms with Crippen molar-refractivity contribution in [3.05, 3.63) is 46.6 Å². The zero-order valence-corrected chi connectivity index (χ0v) is 12.9. The number of benzene rings is 1. The number of carbonyl (C=O) groups excluding carboxylic acids is 1. The fourth-order valence-corrected chi connectivity index (χ4v) is 1.88. The first kappa shape index (κ1) is 17.1. The molecule has 0 atom stereocenters. The van der Waals surface area contributed by atoms with Crippen molar-refractivity contribution in [2.75, 3.05) is 23.0 Å². The van der Waals surface area contributed by atoms with Crippen LogP contribution in [-0.2, 0) is 11.3 Å². The van der Waals surface area contributed by atoms with Crippen LogP contribution in [0.1, 0.15) is 12.5 Å². The Hall–Kier alpha value is -3.23. The zero-order valence-electron chi connectivity index (χ0n) is 12.9. The molecule has 0 aliphatic rings. The van der Waals surface area contributed by atoms with Crippen molar-refractivity contribution in [1.29, 1.82) is 0 Å². The van der Waals surface area contributed by atoms with Gasteiger partial charge in [-0.25, -0.2) is 14.2 Å². The van der Waals surface area contributed by atoms with E-state index < -0.39 is 6.09 Å². The number of amides is 1. The average molecular weight is 333 g/mol. The minimum atomic E-state index is -0.713. The Balaban J connectivity index is 2.15. The van der Waals surface area contributed by atoms with Crippen LogP contribution in [0, 0.1) is 10.7 Å². The Labute approximate surface area is 137 Å². The molecule has 0 bridgehead atoms. The number of nitrogens with one attached hydrogen (secondary N) is 2. The quantitative estimate of drug-likeness (QED) is 0.697. The summed E-state index contributed by atoms with van der Waals surface area (Å²) in [7, 11) is 0. The summed E-state index contributed by atoms with van der Waals surface area (Å²) in [6.07, 6.45) is -0.713. The second-order valence-electron chi connectivity index (χ2n) is 4.71. The van der Waals surface area contributed by atoms with Crippen LogP contribution in [0.4, 0.5) is 32.2 Å². The molecule has 0 saturated carbocycles. The Kier molecular flexibility index (Phi) is 5.61. The molecular formula is C15H16FN5O3. The normalized spacial score (nSPS) is 10.1. The summed E-state index contributed by atoms with van der Waals surface area (Å²) < 4.78 is 17.6. The molecule has 8 nitrogen and oxygen atoms in total. The average Bonchev–Trinajstić information content (AvgIpc) is 2.56. The molecule has 0 radical (unpaired) electrons. The van der Waals surface area contributed by atoms with Gasteiger partial charge < -0.3 is 15.8 Å². The molecule has 0 aliphatic heterocycles. The zero-order chi connectivity index (χ0) is 17.5. The molecule has 1 heterocycles. The third-order valence-corrected chi connectivity index (χ3v) is 3.02. The Morgan fingerprint density at radius 2 is 2.08 bits per heavy atom. The van der Waals surface area contributed by atoms with Gasteiger partial charge in [0.1, 0.15) is 11.6 Å². The molecule has 0 unspecified atom stereocenters. The fraction of sp³-hybridized carbons (Fsp3) is 0.200. The molecule has 126 valence electrons. The van der Waals surface area contributed by atoms with Gasteiger partial charge in [-0.3, -0.25) is 5.32 Å². The lowest BCUT2D eigenvalue weighted by Crippen LogP contribution is -2.15. The predicted molar refractivity (Wildman–Crippen MR) is 88.5 cm³/mol. The Morgan fingerprint density at radius 3 is 2.71 bits per heavy atom. The highest BCUT2D eigenvalue weighted by atomic mass is 19.1. The SMILES string of the molecule is CCOC(=O)Nc1cc(N=O)c(NCc2ccc(F)cc2)nc1N. The molecule has 9 heteroatoms. The molecule has 1 aromatic carbocycles. The molecule has 1 aromatic heterocycles. The number of hydrogen-bond donors (Lipinski definition) is 3. The summed E-state index contributed by atoms with van der Waals surface area (Å²) in [5.41, 5.74) is 6.63. The number of halogens is 1. The number of carbonyl (C=O) groups is 1. The Bertz CT molecular complexity index is 737. The number of anilines is 3. The number of nitrogens with zero attached hydrogens (tertiary/aromatic N) is 2. The van der Waals surface area contributed by atoms with E-state index in [1.165, 1.54) is 18.2 Å². The maximum atomic E-state index is 12.9. The Morgan fingerprint density at radius 1 is 1.38 bits per heavy atom. The van der Waals surface area contributed by atoms with Gasteiger partial charge in [0.25, 0.3) is 0 Å². The highest BCUT2D eigenvalue weighted by Gasteiger charge is 2.13. The molecule has 4 N–H and O–H groups in total. The van der Waals surface area contributed by atoms with E-state index in [2.05, 4.69) is 20.8 Å². The maximum Gasteiger partial charge on any atom is 0.411 e. The molecule has 2 rings (SSSR count). The molecule has 0 fully saturated rings. The standard InChI is InChI=1S/C15H16FN5O3/c1-2-24-15(22)19-11-7-12(21-23)14(20-13(11)17)18-8-9-3-5-10(16)6-4-9/h3-7H,2,8H2,1H3,(H,19,22)(H3,17,18,20). The molecule has 0 saturated heterocycles. The van der Waals surface area contributed by atoms with Gasteiger partial charge in [-0.2, -0.15) is 0 Å². The smallest absolute Gasteiger partial charge is 0.411 e. The molecule has 1 amide bonds. The number of hydrogen-bond acceptors (Lipinski definition) is 7. The summed E-state index contributed by atoms with van der Waals surface area (Å²) in [5.74, 6) is -0.191. The second-order valence-corrected chi connectivity index (χ2v) is 4.71. The molecule has 24 heavy (non-hydrogen) atoms. The van der Waals surface area contributed by atoms with Gasteiger partial charge in [0.2, 0.25) is 0 Å². The van der Waals surface area contributed by atoms with Gasteiger partial charge in [0.15, 0.2) is 11.5 Å². The number of nitrogen functional groups attached to an aromatic ring is 1. The van der Waals surface area contributed by atoms with Crippen LogP contribution in [0.25, 0.3) is 0 Å². The van der Waals surface area contributed by atoms with Gasteiger partial charge in [0, 0.05) is 6.54 Å². The first-order valence-corrected chi connectivity index (χ1v) is 7.09. The number of ether oxygens (including phenoxy) is 1. The lowest BCUT2D eigenvalue weighted by atomic mass is 10.2. The number of nitrogens with two attached hydrogens (primary N) is 1. The van der Waals surface area contributed by atoms with Crippen LogP contribution in [0.3, 0.4) is 0 Å². The first-order valence-electron chi connectivity index (χ1n) is 7.09. The molecule has 0 aliphatic carbocycles. The molecular weight excluding hydrogens is 317 g/mol. The summed E-state index contributed by atoms with van der Waals surface area (Å²) in [6.45, 7) is 2.14. The van der Waals surface area contributed by atoms with Crippen LogP contribution in [0.2, 0.25) is 0 Å². The van der Waals surface area contributed by atoms with E-state index in [0.29, 0.717) is 6.54 Å². The lowest BCUT2D eigenvalue weighted by Gasteiger charge is -2.12. The van der Waals surface area contributed by atoms with Crippen LogP contribution in [-0.4, -0.2) is 17.7 Å². The van der Waals surface area contributed by atoms with Crippen molar-refractivity contribution in [3.8, 4) is 0 Å². The number of aromatic nitrogens is 1. The predicted octanol–water partition coefficient (Wildman–Crippen LogP) is 3.38. The minimum absolute atomic E-state index is 0.00272. The number of pyridine rings is 1. The molecule has 2 aromatic rings. The van der Waals surface area contributed by atoms with Crippen molar-refractivity contribution >= 4 is 29.1 Å². The van der Waals surface area contributed by atoms with Crippen LogP contribution in [0.15, 0.2) is 35.5 Å². The minimum Gasteiger partial charge on any atom is -0.450 e. The third kappa shape index (κ3) is 4.38. The van der Waals surface area contributed by atoms with E-state index in [1.54, 1.807) is 19.1 Å². The van der Waals surface area contributed by atoms with Crippen LogP contribution >= 0.6 is 0 Å². The second kappa shape index (κ2) is 7.86. The fourth-order valence-electron chi connectivity index (χ4n) is 1.88. The monoisotopic (exact) mass is 333 g/mol. The van der Waals surface area contributed by atoms with Gasteiger partial charge in [0.05, 0.1) is 12.3 Å². The van der Waals surface area contributed by atoms with E-state index in [1.807, 2.05) is 0 Å². The van der Waals surface area contributed by atoms with Crippen molar-refractivity contribution in [2.45, 2.75) is 13.5 Å². The van der Waals surface area contributed by atoms with Gasteiger partial charge >= 0.3 is 6.09 Å². The maximum absolute atomic E-state index is 12.9. The topological polar surface area (TPSA) is 119 Å². The van der Waals surface area contributed by atoms with E-state index in [-0.39, 0.29) is 35.4 Å². The van der Waals surface area contributed by atoms with Gasteiger partial charge in [-0.15, -0.1) is 4.91 Å². The van der Waals surface area contributed by atoms with Gasteiger partial charge in [-0.05, 0) is 35.9 Å². The highest BCUT2D eigenvalue weighted by molar-refractivity contribution is 5.90. The van der Waals surface area contributed by atoms with Crippen molar-refractivity contribution in [2.24, 2.45) is 5.18 Å². The summed E-state index contributed by atoms with van der Waals surface area (Å²) >= 11 is 0. The third-order valence-electron chi connectivity index (χ3n) is 3.02. The largest absolute Gasteiger partial charge is 0.450 e. The van der Waals surface area contributed by atoms with Crippen LogP contribution < -0.4 is 16.4 Å². The van der Waals surface area contributed by atoms with E-state index >= 15 is 0 Å². The van der Waals surface area contributed by atoms with E-state index in [0.717, 1.165) is 5.56 Å². The van der Waals surface area contributed by atoms with Crippen molar-refractivity contribution < 1.29 is 13.9 Å². The van der Waals surface area contributed by atoms with Crippen molar-refractivity contribution in [1.82, 2.24) is 4.98 Å². The van der Waals surface area contributed by atoms with E-state index in [9.17, 15) is 14.1 Å². The lowest BCUT2D eigenvalue weighted by molar-refractivity contribution is 0.168. The van der Waals surface area contributed by atoms with E-state index in [4.69, 9.17) is 10.5 Å². The number of nitroso groups, excluding NO2 is 1. The number of rotatable bonds is 6. The summed E-state index contributed by atoms with van der Waals surface area (Å²) in [4.78, 5) is 26.4. The van der Waals surface area contributed by atoms with Crippen LogP contribution in [0.5, 0.6) is 0 Å². The summed E-state index contributed by atoms with van der Waals surface area (Å²) in [5, 5.41) is 8.14. The van der Waals surface area contributed by atoms with Gasteiger partial charge in [-0.1, -0.05) is 12.1 Å². The first-order chi connectivity index (χ1) is 11.5. The van der Waals surface area contributed by atoms with Crippen molar-refractivity contribution in [3.63, 3.8) is 0 Å².